The molecule has 8 aliphatic rings. The number of rotatable bonds is 7. The third-order valence-electron chi connectivity index (χ3n) is 18.2. The standard InChI is InChI=1S/C47H84N4/c1-31-14-12-18-36(28-31)44-49-45(39-21-9-8-15-32(39)2)51-46(50-44)47(4)27-13-19-37(30-47)48-43-29-35(34-16-6-5-7-17-34)24-26-42(43)41-25-23-33(3)38-20-10-11-22-40(38)41/h31-46,48-51H,5-30H2,1-4H3. The van der Waals surface area contributed by atoms with Crippen LogP contribution in [0.25, 0.3) is 0 Å². The summed E-state index contributed by atoms with van der Waals surface area (Å²) in [6.07, 6.45) is 39.5. The van der Waals surface area contributed by atoms with Gasteiger partial charge >= 0.3 is 0 Å². The maximum Gasteiger partial charge on any atom is 0.0651 e. The average molecular weight is 705 g/mol. The molecule has 1 aliphatic heterocycles. The first-order chi connectivity index (χ1) is 24.8. The molecule has 0 amide bonds. The summed E-state index contributed by atoms with van der Waals surface area (Å²) < 4.78 is 0. The Hall–Kier alpha value is -0.160. The minimum absolute atomic E-state index is 0.300. The molecule has 51 heavy (non-hydrogen) atoms. The van der Waals surface area contributed by atoms with Crippen molar-refractivity contribution in [3.05, 3.63) is 0 Å². The Morgan fingerprint density at radius 1 is 0.471 bits per heavy atom. The van der Waals surface area contributed by atoms with E-state index in [0.29, 0.717) is 30.0 Å². The number of fused-ring (bicyclic) bond motifs is 1. The molecule has 16 atom stereocenters. The number of hydrogen-bond acceptors (Lipinski definition) is 4. The Morgan fingerprint density at radius 3 is 1.94 bits per heavy atom. The minimum atomic E-state index is 0.300. The minimum Gasteiger partial charge on any atom is -0.311 e. The van der Waals surface area contributed by atoms with E-state index in [-0.39, 0.29) is 0 Å². The van der Waals surface area contributed by atoms with Crippen molar-refractivity contribution in [2.24, 2.45) is 70.5 Å². The fraction of sp³-hybridized carbons (Fsp3) is 1.00. The van der Waals surface area contributed by atoms with Crippen LogP contribution in [-0.2, 0) is 0 Å². The van der Waals surface area contributed by atoms with Gasteiger partial charge in [0.05, 0.1) is 18.5 Å². The summed E-state index contributed by atoms with van der Waals surface area (Å²) in [6.45, 7) is 10.4. The van der Waals surface area contributed by atoms with Crippen LogP contribution in [0.3, 0.4) is 0 Å². The van der Waals surface area contributed by atoms with Crippen LogP contribution < -0.4 is 21.3 Å². The highest BCUT2D eigenvalue weighted by molar-refractivity contribution is 5.03. The second-order valence-corrected chi connectivity index (χ2v) is 21.5. The van der Waals surface area contributed by atoms with Crippen molar-refractivity contribution in [2.75, 3.05) is 0 Å². The van der Waals surface area contributed by atoms with Crippen molar-refractivity contribution >= 4 is 0 Å². The van der Waals surface area contributed by atoms with E-state index in [4.69, 9.17) is 0 Å². The molecule has 7 aliphatic carbocycles. The Labute approximate surface area is 316 Å². The summed E-state index contributed by atoms with van der Waals surface area (Å²) in [5, 5.41) is 17.7. The molecule has 0 aromatic heterocycles. The van der Waals surface area contributed by atoms with Crippen LogP contribution in [0.4, 0.5) is 0 Å². The molecule has 0 spiro atoms. The Morgan fingerprint density at radius 2 is 1.14 bits per heavy atom. The molecule has 292 valence electrons. The molecule has 0 aromatic rings. The van der Waals surface area contributed by atoms with Gasteiger partial charge in [-0.15, -0.1) is 0 Å². The van der Waals surface area contributed by atoms with Gasteiger partial charge in [0.25, 0.3) is 0 Å². The van der Waals surface area contributed by atoms with E-state index >= 15 is 0 Å². The topological polar surface area (TPSA) is 48.1 Å². The van der Waals surface area contributed by atoms with Gasteiger partial charge in [-0.2, -0.15) is 0 Å². The predicted molar refractivity (Wildman–Crippen MR) is 215 cm³/mol. The smallest absolute Gasteiger partial charge is 0.0651 e. The molecule has 1 saturated heterocycles. The normalized spacial score (nSPS) is 50.7. The predicted octanol–water partition coefficient (Wildman–Crippen LogP) is 11.2. The lowest BCUT2D eigenvalue weighted by Gasteiger charge is -2.55. The van der Waals surface area contributed by atoms with E-state index in [1.54, 1.807) is 12.8 Å². The van der Waals surface area contributed by atoms with Crippen molar-refractivity contribution in [2.45, 2.75) is 225 Å². The molecule has 4 N–H and O–H groups in total. The van der Waals surface area contributed by atoms with Crippen LogP contribution in [0, 0.1) is 70.5 Å². The van der Waals surface area contributed by atoms with Gasteiger partial charge in [0.1, 0.15) is 0 Å². The molecule has 16 unspecified atom stereocenters. The van der Waals surface area contributed by atoms with Gasteiger partial charge in [0.15, 0.2) is 0 Å². The fourth-order valence-electron chi connectivity index (χ4n) is 15.3. The lowest BCUT2D eigenvalue weighted by molar-refractivity contribution is -0.0180. The van der Waals surface area contributed by atoms with E-state index in [1.165, 1.54) is 154 Å². The Bertz CT molecular complexity index is 1090. The molecule has 1 heterocycles. The summed E-state index contributed by atoms with van der Waals surface area (Å²) in [5.74, 6) is 10.2. The molecule has 8 fully saturated rings. The zero-order valence-corrected chi connectivity index (χ0v) is 34.1. The monoisotopic (exact) mass is 705 g/mol. The van der Waals surface area contributed by atoms with Gasteiger partial charge in [-0.05, 0) is 148 Å². The van der Waals surface area contributed by atoms with Crippen LogP contribution in [0.2, 0.25) is 0 Å². The molecular weight excluding hydrogens is 621 g/mol. The van der Waals surface area contributed by atoms with Gasteiger partial charge in [0, 0.05) is 12.1 Å². The quantitative estimate of drug-likeness (QED) is 0.213. The molecule has 4 nitrogen and oxygen atoms in total. The second-order valence-electron chi connectivity index (χ2n) is 21.5. The van der Waals surface area contributed by atoms with E-state index in [9.17, 15) is 0 Å². The van der Waals surface area contributed by atoms with Crippen molar-refractivity contribution in [3.63, 3.8) is 0 Å². The first-order valence-electron chi connectivity index (χ1n) is 23.9. The van der Waals surface area contributed by atoms with Crippen molar-refractivity contribution in [1.29, 1.82) is 0 Å². The molecule has 4 heteroatoms. The van der Waals surface area contributed by atoms with Gasteiger partial charge < -0.3 is 5.32 Å². The van der Waals surface area contributed by atoms with Crippen LogP contribution in [0.15, 0.2) is 0 Å². The summed E-state index contributed by atoms with van der Waals surface area (Å²) in [4.78, 5) is 0. The summed E-state index contributed by atoms with van der Waals surface area (Å²) in [7, 11) is 0. The molecule has 7 saturated carbocycles. The molecule has 8 rings (SSSR count). The SMILES string of the molecule is CC1CCCC(C2NC(C3CCCCC3C)NC(C3(C)CCCC(NC4CC(C5CCCCC5)CCC4C4CCC(C)C5CCCCC54)C3)N2)C1. The van der Waals surface area contributed by atoms with E-state index < -0.39 is 0 Å². The highest BCUT2D eigenvalue weighted by Crippen LogP contribution is 2.53. The van der Waals surface area contributed by atoms with Crippen molar-refractivity contribution in [1.82, 2.24) is 21.3 Å². The first-order valence-corrected chi connectivity index (χ1v) is 23.9. The van der Waals surface area contributed by atoms with Gasteiger partial charge in [-0.1, -0.05) is 118 Å². The largest absolute Gasteiger partial charge is 0.311 e. The van der Waals surface area contributed by atoms with E-state index in [0.717, 1.165) is 71.1 Å². The maximum absolute atomic E-state index is 4.67. The highest BCUT2D eigenvalue weighted by atomic mass is 15.4. The first kappa shape index (κ1) is 37.7. The van der Waals surface area contributed by atoms with E-state index in [1.807, 2.05) is 0 Å². The molecule has 0 radical (unpaired) electrons. The summed E-state index contributed by atoms with van der Waals surface area (Å²) in [6, 6.07) is 1.45. The molecule has 0 bridgehead atoms. The summed E-state index contributed by atoms with van der Waals surface area (Å²) in [5.41, 5.74) is 0.300. The zero-order chi connectivity index (χ0) is 35.0. The van der Waals surface area contributed by atoms with Crippen molar-refractivity contribution in [3.8, 4) is 0 Å². The van der Waals surface area contributed by atoms with Gasteiger partial charge in [-0.25, -0.2) is 0 Å². The highest BCUT2D eigenvalue weighted by Gasteiger charge is 2.49. The number of hydrogen-bond donors (Lipinski definition) is 4. The zero-order valence-electron chi connectivity index (χ0n) is 34.1. The van der Waals surface area contributed by atoms with Gasteiger partial charge in [0.2, 0.25) is 0 Å². The van der Waals surface area contributed by atoms with Crippen LogP contribution in [0.5, 0.6) is 0 Å². The van der Waals surface area contributed by atoms with Crippen molar-refractivity contribution < 1.29 is 0 Å². The Balaban J connectivity index is 1.00. The lowest BCUT2D eigenvalue weighted by atomic mass is 9.55. The van der Waals surface area contributed by atoms with Crippen LogP contribution in [-0.4, -0.2) is 30.6 Å². The third-order valence-corrected chi connectivity index (χ3v) is 18.2. The average Bonchev–Trinajstić information content (AvgIpc) is 3.16. The van der Waals surface area contributed by atoms with Crippen LogP contribution in [0.1, 0.15) is 195 Å². The Kier molecular flexibility index (Phi) is 12.5. The molecular formula is C47H84N4. The summed E-state index contributed by atoms with van der Waals surface area (Å²) >= 11 is 0. The van der Waals surface area contributed by atoms with Gasteiger partial charge in [-0.3, -0.25) is 16.0 Å². The molecule has 0 aromatic carbocycles. The fourth-order valence-corrected chi connectivity index (χ4v) is 15.3. The maximum atomic E-state index is 4.67. The third kappa shape index (κ3) is 8.50. The van der Waals surface area contributed by atoms with E-state index in [2.05, 4.69) is 49.0 Å². The van der Waals surface area contributed by atoms with Crippen LogP contribution >= 0.6 is 0 Å². The lowest BCUT2D eigenvalue weighted by Crippen LogP contribution is -2.75. The second kappa shape index (κ2) is 16.9. The number of nitrogens with one attached hydrogen (secondary N) is 4.